The summed E-state index contributed by atoms with van der Waals surface area (Å²) >= 11 is 0. The van der Waals surface area contributed by atoms with E-state index in [1.165, 1.54) is 16.7 Å². The molecule has 0 spiro atoms. The van der Waals surface area contributed by atoms with Crippen LogP contribution < -0.4 is 10.1 Å². The molecule has 1 amide bonds. The van der Waals surface area contributed by atoms with Crippen molar-refractivity contribution in [3.8, 4) is 5.75 Å². The lowest BCUT2D eigenvalue weighted by Gasteiger charge is -2.23. The quantitative estimate of drug-likeness (QED) is 0.808. The number of rotatable bonds is 6. The maximum atomic E-state index is 12.6. The van der Waals surface area contributed by atoms with Crippen LogP contribution in [-0.2, 0) is 4.79 Å². The molecule has 0 fully saturated rings. The van der Waals surface area contributed by atoms with Crippen LogP contribution in [0.15, 0.2) is 36.4 Å². The summed E-state index contributed by atoms with van der Waals surface area (Å²) in [4.78, 5) is 12.6. The number of hydrogen-bond donors (Lipinski definition) is 1. The predicted octanol–water partition coefficient (Wildman–Crippen LogP) is 4.96. The molecule has 3 nitrogen and oxygen atoms in total. The molecule has 25 heavy (non-hydrogen) atoms. The van der Waals surface area contributed by atoms with Gasteiger partial charge in [-0.1, -0.05) is 42.8 Å². The molecule has 0 bridgehead atoms. The minimum atomic E-state index is -0.541. The highest BCUT2D eigenvalue weighted by molar-refractivity contribution is 5.81. The molecule has 1 N–H and O–H groups in total. The highest BCUT2D eigenvalue weighted by atomic mass is 16.5. The van der Waals surface area contributed by atoms with Crippen LogP contribution in [0.1, 0.15) is 54.1 Å². The number of hydrogen-bond acceptors (Lipinski definition) is 2. The number of amides is 1. The van der Waals surface area contributed by atoms with Crippen molar-refractivity contribution in [2.24, 2.45) is 0 Å². The molecule has 0 aliphatic carbocycles. The van der Waals surface area contributed by atoms with E-state index in [2.05, 4.69) is 44.3 Å². The Balaban J connectivity index is 2.09. The van der Waals surface area contributed by atoms with Gasteiger partial charge in [0.1, 0.15) is 5.75 Å². The standard InChI is InChI=1S/C22H29NO2/c1-7-20(19-12-11-14(2)13-16(19)4)23-22(24)18(6)25-21-10-8-9-15(3)17(21)5/h8-13,18,20H,7H2,1-6H3,(H,23,24). The first-order valence-corrected chi connectivity index (χ1v) is 8.93. The van der Waals surface area contributed by atoms with E-state index in [1.807, 2.05) is 32.0 Å². The number of nitrogens with one attached hydrogen (secondary N) is 1. The van der Waals surface area contributed by atoms with E-state index < -0.39 is 6.10 Å². The second-order valence-corrected chi connectivity index (χ2v) is 6.79. The van der Waals surface area contributed by atoms with E-state index in [-0.39, 0.29) is 11.9 Å². The van der Waals surface area contributed by atoms with E-state index in [0.717, 1.165) is 23.3 Å². The van der Waals surface area contributed by atoms with Crippen LogP contribution in [0.3, 0.4) is 0 Å². The molecule has 134 valence electrons. The average molecular weight is 339 g/mol. The van der Waals surface area contributed by atoms with E-state index >= 15 is 0 Å². The zero-order valence-corrected chi connectivity index (χ0v) is 16.1. The summed E-state index contributed by atoms with van der Waals surface area (Å²) < 4.78 is 5.91. The summed E-state index contributed by atoms with van der Waals surface area (Å²) in [5.41, 5.74) is 5.83. The van der Waals surface area contributed by atoms with Crippen LogP contribution in [0, 0.1) is 27.7 Å². The second-order valence-electron chi connectivity index (χ2n) is 6.79. The number of benzene rings is 2. The number of ether oxygens (including phenoxy) is 1. The fraction of sp³-hybridized carbons (Fsp3) is 0.409. The third-order valence-corrected chi connectivity index (χ3v) is 4.75. The highest BCUT2D eigenvalue weighted by Gasteiger charge is 2.21. The van der Waals surface area contributed by atoms with Gasteiger partial charge in [0, 0.05) is 0 Å². The lowest BCUT2D eigenvalue weighted by molar-refractivity contribution is -0.128. The molecule has 2 rings (SSSR count). The Morgan fingerprint density at radius 2 is 1.80 bits per heavy atom. The minimum Gasteiger partial charge on any atom is -0.481 e. The molecule has 0 aliphatic heterocycles. The van der Waals surface area contributed by atoms with Crippen LogP contribution >= 0.6 is 0 Å². The molecule has 2 unspecified atom stereocenters. The van der Waals surface area contributed by atoms with Gasteiger partial charge in [-0.3, -0.25) is 4.79 Å². The fourth-order valence-electron chi connectivity index (χ4n) is 3.00. The normalized spacial score (nSPS) is 13.2. The molecule has 0 radical (unpaired) electrons. The maximum absolute atomic E-state index is 12.6. The third kappa shape index (κ3) is 4.62. The number of carbonyl (C=O) groups is 1. The van der Waals surface area contributed by atoms with Crippen molar-refractivity contribution in [2.45, 2.75) is 60.1 Å². The van der Waals surface area contributed by atoms with E-state index in [9.17, 15) is 4.79 Å². The van der Waals surface area contributed by atoms with Gasteiger partial charge in [0.15, 0.2) is 6.10 Å². The zero-order valence-electron chi connectivity index (χ0n) is 16.1. The Labute approximate surface area is 151 Å². The molecule has 2 atom stereocenters. The summed E-state index contributed by atoms with van der Waals surface area (Å²) in [6, 6.07) is 12.3. The summed E-state index contributed by atoms with van der Waals surface area (Å²) in [6.07, 6.45) is 0.298. The molecular weight excluding hydrogens is 310 g/mol. The summed E-state index contributed by atoms with van der Waals surface area (Å²) in [6.45, 7) is 12.1. The zero-order chi connectivity index (χ0) is 18.6. The minimum absolute atomic E-state index is 0.00208. The molecule has 2 aromatic rings. The van der Waals surface area contributed by atoms with Crippen molar-refractivity contribution in [2.75, 3.05) is 0 Å². The third-order valence-electron chi connectivity index (χ3n) is 4.75. The Kier molecular flexibility index (Phi) is 6.24. The predicted molar refractivity (Wildman–Crippen MR) is 103 cm³/mol. The molecule has 0 aromatic heterocycles. The Morgan fingerprint density at radius 1 is 1.08 bits per heavy atom. The second kappa shape index (κ2) is 8.19. The van der Waals surface area contributed by atoms with E-state index in [1.54, 1.807) is 6.92 Å². The van der Waals surface area contributed by atoms with Crippen molar-refractivity contribution in [1.29, 1.82) is 0 Å². The molecule has 3 heteroatoms. The van der Waals surface area contributed by atoms with Gasteiger partial charge in [0.05, 0.1) is 6.04 Å². The summed E-state index contributed by atoms with van der Waals surface area (Å²) in [7, 11) is 0. The van der Waals surface area contributed by atoms with Crippen LogP contribution in [0.25, 0.3) is 0 Å². The SMILES string of the molecule is CCC(NC(=O)C(C)Oc1cccc(C)c1C)c1ccc(C)cc1C. The van der Waals surface area contributed by atoms with Crippen molar-refractivity contribution < 1.29 is 9.53 Å². The topological polar surface area (TPSA) is 38.3 Å². The lowest BCUT2D eigenvalue weighted by Crippen LogP contribution is -2.38. The van der Waals surface area contributed by atoms with Crippen LogP contribution in [0.4, 0.5) is 0 Å². The van der Waals surface area contributed by atoms with Gasteiger partial charge in [-0.05, 0) is 69.4 Å². The molecule has 0 aliphatic rings. The smallest absolute Gasteiger partial charge is 0.261 e. The van der Waals surface area contributed by atoms with Crippen LogP contribution in [0.2, 0.25) is 0 Å². The Hall–Kier alpha value is -2.29. The Bertz CT molecular complexity index is 752. The first-order chi connectivity index (χ1) is 11.8. The summed E-state index contributed by atoms with van der Waals surface area (Å²) in [5, 5.41) is 3.13. The van der Waals surface area contributed by atoms with Crippen LogP contribution in [-0.4, -0.2) is 12.0 Å². The number of aryl methyl sites for hydroxylation is 3. The van der Waals surface area contributed by atoms with Crippen molar-refractivity contribution in [1.82, 2.24) is 5.32 Å². The molecule has 0 heterocycles. The first kappa shape index (κ1) is 19.0. The molecule has 2 aromatic carbocycles. The lowest BCUT2D eigenvalue weighted by atomic mass is 9.97. The number of carbonyl (C=O) groups excluding carboxylic acids is 1. The van der Waals surface area contributed by atoms with Gasteiger partial charge in [0.2, 0.25) is 0 Å². The monoisotopic (exact) mass is 339 g/mol. The molecular formula is C22H29NO2. The van der Waals surface area contributed by atoms with E-state index in [4.69, 9.17) is 4.74 Å². The van der Waals surface area contributed by atoms with Gasteiger partial charge in [-0.15, -0.1) is 0 Å². The van der Waals surface area contributed by atoms with Crippen molar-refractivity contribution >= 4 is 5.91 Å². The van der Waals surface area contributed by atoms with Crippen molar-refractivity contribution in [3.63, 3.8) is 0 Å². The van der Waals surface area contributed by atoms with Crippen LogP contribution in [0.5, 0.6) is 5.75 Å². The maximum Gasteiger partial charge on any atom is 0.261 e. The average Bonchev–Trinajstić information content (AvgIpc) is 2.57. The van der Waals surface area contributed by atoms with Gasteiger partial charge in [0.25, 0.3) is 5.91 Å². The van der Waals surface area contributed by atoms with Crippen molar-refractivity contribution in [3.05, 3.63) is 64.2 Å². The first-order valence-electron chi connectivity index (χ1n) is 8.93. The van der Waals surface area contributed by atoms with Gasteiger partial charge in [-0.2, -0.15) is 0 Å². The van der Waals surface area contributed by atoms with Gasteiger partial charge >= 0.3 is 0 Å². The van der Waals surface area contributed by atoms with Gasteiger partial charge < -0.3 is 10.1 Å². The Morgan fingerprint density at radius 3 is 2.44 bits per heavy atom. The fourth-order valence-corrected chi connectivity index (χ4v) is 3.00. The molecule has 0 saturated heterocycles. The van der Waals surface area contributed by atoms with E-state index in [0.29, 0.717) is 0 Å². The largest absolute Gasteiger partial charge is 0.481 e. The molecule has 0 saturated carbocycles. The highest BCUT2D eigenvalue weighted by Crippen LogP contribution is 2.24. The summed E-state index contributed by atoms with van der Waals surface area (Å²) in [5.74, 6) is 0.676. The van der Waals surface area contributed by atoms with Gasteiger partial charge in [-0.25, -0.2) is 0 Å².